The number of carbonyl (C=O) groups excluding carboxylic acids is 1. The van der Waals surface area contributed by atoms with Crippen LogP contribution in [0, 0.1) is 0 Å². The van der Waals surface area contributed by atoms with Crippen LogP contribution in [0.3, 0.4) is 0 Å². The largest absolute Gasteiger partial charge is 0.497 e. The summed E-state index contributed by atoms with van der Waals surface area (Å²) < 4.78 is 10.7. The van der Waals surface area contributed by atoms with Crippen LogP contribution in [-0.4, -0.2) is 34.7 Å². The highest BCUT2D eigenvalue weighted by atomic mass is 35.5. The zero-order chi connectivity index (χ0) is 15.6. The molecule has 5 nitrogen and oxygen atoms in total. The molecule has 7 heteroatoms. The van der Waals surface area contributed by atoms with Crippen LogP contribution in [0.5, 0.6) is 0 Å². The van der Waals surface area contributed by atoms with E-state index >= 15 is 0 Å². The number of hydrogen-bond donors (Lipinski definition) is 0. The molecule has 2 rings (SSSR count). The van der Waals surface area contributed by atoms with Gasteiger partial charge in [0.15, 0.2) is 0 Å². The summed E-state index contributed by atoms with van der Waals surface area (Å²) >= 11 is 11.8. The minimum atomic E-state index is -0.575. The lowest BCUT2D eigenvalue weighted by molar-refractivity contribution is 0.0296. The topological polar surface area (TPSA) is 51.7 Å². The predicted molar refractivity (Wildman–Crippen MR) is 81.1 cm³/mol. The number of pyridine rings is 1. The van der Waals surface area contributed by atoms with Crippen molar-refractivity contribution in [2.24, 2.45) is 0 Å². The Morgan fingerprint density at radius 1 is 1.33 bits per heavy atom. The molecule has 0 spiro atoms. The zero-order valence-electron chi connectivity index (χ0n) is 12.0. The molecule has 114 valence electrons. The van der Waals surface area contributed by atoms with Gasteiger partial charge in [-0.1, -0.05) is 23.2 Å². The SMILES string of the molecule is CC(C)(C)OC(=O)N1CCOC=C1c1cc(Cl)nc(Cl)c1. The van der Waals surface area contributed by atoms with Crippen LogP contribution in [0.25, 0.3) is 5.70 Å². The Morgan fingerprint density at radius 2 is 1.95 bits per heavy atom. The number of carbonyl (C=O) groups is 1. The van der Waals surface area contributed by atoms with Gasteiger partial charge < -0.3 is 9.47 Å². The van der Waals surface area contributed by atoms with Crippen molar-refractivity contribution in [3.8, 4) is 0 Å². The normalized spacial score (nSPS) is 15.3. The van der Waals surface area contributed by atoms with Gasteiger partial charge in [-0.3, -0.25) is 4.90 Å². The summed E-state index contributed by atoms with van der Waals surface area (Å²) in [4.78, 5) is 17.7. The lowest BCUT2D eigenvalue weighted by Crippen LogP contribution is -2.39. The first-order chi connectivity index (χ1) is 9.76. The second-order valence-corrected chi connectivity index (χ2v) is 6.28. The first kappa shape index (κ1) is 15.9. The summed E-state index contributed by atoms with van der Waals surface area (Å²) in [6.45, 7) is 6.23. The number of nitrogens with zero attached hydrogens (tertiary/aromatic N) is 2. The minimum Gasteiger partial charge on any atom is -0.497 e. The summed E-state index contributed by atoms with van der Waals surface area (Å²) in [5, 5.41) is 0.487. The van der Waals surface area contributed by atoms with E-state index in [1.807, 2.05) is 20.8 Å². The van der Waals surface area contributed by atoms with E-state index in [4.69, 9.17) is 32.7 Å². The number of hydrogen-bond acceptors (Lipinski definition) is 4. The van der Waals surface area contributed by atoms with E-state index in [2.05, 4.69) is 4.98 Å². The number of halogens is 2. The van der Waals surface area contributed by atoms with Gasteiger partial charge >= 0.3 is 6.09 Å². The van der Waals surface area contributed by atoms with Crippen molar-refractivity contribution in [3.63, 3.8) is 0 Å². The molecular formula is C14H16Cl2N2O3. The summed E-state index contributed by atoms with van der Waals surface area (Å²) in [7, 11) is 0. The first-order valence-electron chi connectivity index (χ1n) is 6.42. The maximum atomic E-state index is 12.3. The molecular weight excluding hydrogens is 315 g/mol. The first-order valence-corrected chi connectivity index (χ1v) is 7.17. The monoisotopic (exact) mass is 330 g/mol. The maximum absolute atomic E-state index is 12.3. The molecule has 0 saturated carbocycles. The Morgan fingerprint density at radius 3 is 2.52 bits per heavy atom. The Bertz CT molecular complexity index is 562. The highest BCUT2D eigenvalue weighted by Crippen LogP contribution is 2.27. The third kappa shape index (κ3) is 4.25. The van der Waals surface area contributed by atoms with E-state index in [0.29, 0.717) is 24.4 Å². The molecule has 0 radical (unpaired) electrons. The standard InChI is InChI=1S/C14H16Cl2N2O3/c1-14(2,3)21-13(19)18-4-5-20-8-10(18)9-6-11(15)17-12(16)7-9/h6-8H,4-5H2,1-3H3. The highest BCUT2D eigenvalue weighted by molar-refractivity contribution is 6.32. The summed E-state index contributed by atoms with van der Waals surface area (Å²) in [5.74, 6) is 0. The van der Waals surface area contributed by atoms with Crippen LogP contribution in [0.15, 0.2) is 18.4 Å². The van der Waals surface area contributed by atoms with E-state index < -0.39 is 11.7 Å². The van der Waals surface area contributed by atoms with Crippen LogP contribution in [0.1, 0.15) is 26.3 Å². The number of aromatic nitrogens is 1. The van der Waals surface area contributed by atoms with Gasteiger partial charge in [0.05, 0.1) is 12.2 Å². The molecule has 1 aromatic rings. The lowest BCUT2D eigenvalue weighted by Gasteiger charge is -2.31. The van der Waals surface area contributed by atoms with Crippen molar-refractivity contribution in [3.05, 3.63) is 34.3 Å². The van der Waals surface area contributed by atoms with Crippen LogP contribution < -0.4 is 0 Å². The predicted octanol–water partition coefficient (Wildman–Crippen LogP) is 3.95. The summed E-state index contributed by atoms with van der Waals surface area (Å²) in [6.07, 6.45) is 1.05. The molecule has 1 aliphatic heterocycles. The second kappa shape index (κ2) is 6.12. The van der Waals surface area contributed by atoms with Gasteiger partial charge in [-0.15, -0.1) is 0 Å². The van der Waals surface area contributed by atoms with Crippen LogP contribution in [0.2, 0.25) is 10.3 Å². The van der Waals surface area contributed by atoms with E-state index in [9.17, 15) is 4.79 Å². The number of amides is 1. The third-order valence-corrected chi connectivity index (χ3v) is 2.98. The number of rotatable bonds is 1. The summed E-state index contributed by atoms with van der Waals surface area (Å²) in [5.41, 5.74) is 0.612. The third-order valence-electron chi connectivity index (χ3n) is 2.59. The lowest BCUT2D eigenvalue weighted by atomic mass is 10.1. The Kier molecular flexibility index (Phi) is 4.64. The molecule has 0 unspecified atom stereocenters. The van der Waals surface area contributed by atoms with Crippen molar-refractivity contribution in [1.82, 2.24) is 9.88 Å². The van der Waals surface area contributed by atoms with E-state index in [1.54, 1.807) is 12.1 Å². The van der Waals surface area contributed by atoms with Gasteiger partial charge in [-0.25, -0.2) is 9.78 Å². The van der Waals surface area contributed by atoms with E-state index in [1.165, 1.54) is 11.2 Å². The van der Waals surface area contributed by atoms with Gasteiger partial charge in [0.2, 0.25) is 0 Å². The van der Waals surface area contributed by atoms with E-state index in [0.717, 1.165) is 0 Å². The molecule has 0 saturated heterocycles. The maximum Gasteiger partial charge on any atom is 0.415 e. The average molecular weight is 331 g/mol. The fourth-order valence-electron chi connectivity index (χ4n) is 1.81. The molecule has 0 aliphatic carbocycles. The molecule has 0 fully saturated rings. The molecule has 1 amide bonds. The van der Waals surface area contributed by atoms with Crippen molar-refractivity contribution in [2.45, 2.75) is 26.4 Å². The highest BCUT2D eigenvalue weighted by Gasteiger charge is 2.28. The van der Waals surface area contributed by atoms with Gasteiger partial charge in [0.1, 0.15) is 28.8 Å². The van der Waals surface area contributed by atoms with Crippen LogP contribution in [-0.2, 0) is 9.47 Å². The molecule has 0 bridgehead atoms. The average Bonchev–Trinajstić information content (AvgIpc) is 2.35. The van der Waals surface area contributed by atoms with Crippen LogP contribution in [0.4, 0.5) is 4.79 Å². The van der Waals surface area contributed by atoms with Crippen molar-refractivity contribution in [2.75, 3.05) is 13.2 Å². The van der Waals surface area contributed by atoms with Gasteiger partial charge in [-0.05, 0) is 32.9 Å². The second-order valence-electron chi connectivity index (χ2n) is 5.51. The Balaban J connectivity index is 2.31. The molecule has 21 heavy (non-hydrogen) atoms. The molecule has 0 N–H and O–H groups in total. The van der Waals surface area contributed by atoms with Crippen molar-refractivity contribution < 1.29 is 14.3 Å². The molecule has 0 atom stereocenters. The molecule has 0 aromatic carbocycles. The fraction of sp³-hybridized carbons (Fsp3) is 0.429. The number of ether oxygens (including phenoxy) is 2. The zero-order valence-corrected chi connectivity index (χ0v) is 13.5. The van der Waals surface area contributed by atoms with E-state index in [-0.39, 0.29) is 10.3 Å². The smallest absolute Gasteiger partial charge is 0.415 e. The van der Waals surface area contributed by atoms with Gasteiger partial charge in [-0.2, -0.15) is 0 Å². The quantitative estimate of drug-likeness (QED) is 0.731. The summed E-state index contributed by atoms with van der Waals surface area (Å²) in [6, 6.07) is 3.23. The van der Waals surface area contributed by atoms with Crippen LogP contribution >= 0.6 is 23.2 Å². The van der Waals surface area contributed by atoms with Crippen molar-refractivity contribution in [1.29, 1.82) is 0 Å². The fourth-order valence-corrected chi connectivity index (χ4v) is 2.27. The Hall–Kier alpha value is -1.46. The molecule has 1 aliphatic rings. The van der Waals surface area contributed by atoms with Crippen molar-refractivity contribution >= 4 is 35.0 Å². The Labute approximate surface area is 133 Å². The van der Waals surface area contributed by atoms with Gasteiger partial charge in [0, 0.05) is 5.56 Å². The molecule has 2 heterocycles. The van der Waals surface area contributed by atoms with Gasteiger partial charge in [0.25, 0.3) is 0 Å². The molecule has 1 aromatic heterocycles. The minimum absolute atomic E-state index is 0.244.